The predicted molar refractivity (Wildman–Crippen MR) is 74.2 cm³/mol. The summed E-state index contributed by atoms with van der Waals surface area (Å²) in [5, 5.41) is 21.0. The van der Waals surface area contributed by atoms with Gasteiger partial charge in [0.05, 0.1) is 12.2 Å². The quantitative estimate of drug-likeness (QED) is 0.875. The Labute approximate surface area is 118 Å². The van der Waals surface area contributed by atoms with Crippen molar-refractivity contribution >= 4 is 0 Å². The highest BCUT2D eigenvalue weighted by molar-refractivity contribution is 5.30. The summed E-state index contributed by atoms with van der Waals surface area (Å²) in [4.78, 5) is 2.35. The van der Waals surface area contributed by atoms with E-state index in [1.165, 1.54) is 0 Å². The monoisotopic (exact) mass is 273 g/mol. The van der Waals surface area contributed by atoms with Crippen LogP contribution >= 0.6 is 0 Å². The van der Waals surface area contributed by atoms with E-state index >= 15 is 0 Å². The van der Waals surface area contributed by atoms with Crippen LogP contribution in [0.15, 0.2) is 30.3 Å². The van der Waals surface area contributed by atoms with Crippen molar-refractivity contribution < 1.29 is 5.11 Å². The molecule has 0 spiro atoms. The van der Waals surface area contributed by atoms with E-state index in [1.807, 2.05) is 30.3 Å². The van der Waals surface area contributed by atoms with Crippen LogP contribution in [0.1, 0.15) is 18.7 Å². The number of tetrazole rings is 1. The van der Waals surface area contributed by atoms with Crippen LogP contribution in [0.25, 0.3) is 5.69 Å². The summed E-state index contributed by atoms with van der Waals surface area (Å²) in [6.45, 7) is 3.10. The zero-order valence-corrected chi connectivity index (χ0v) is 11.4. The first-order valence-electron chi connectivity index (χ1n) is 7.02. The Bertz CT molecular complexity index is 542. The van der Waals surface area contributed by atoms with Crippen LogP contribution in [0.4, 0.5) is 0 Å². The first-order valence-corrected chi connectivity index (χ1v) is 7.02. The zero-order valence-electron chi connectivity index (χ0n) is 11.4. The number of nitrogens with zero attached hydrogens (tertiary/aromatic N) is 5. The van der Waals surface area contributed by atoms with Crippen LogP contribution in [-0.2, 0) is 6.54 Å². The maximum Gasteiger partial charge on any atom is 0.170 e. The van der Waals surface area contributed by atoms with Gasteiger partial charge in [0.25, 0.3) is 0 Å². The molecule has 0 aliphatic carbocycles. The molecule has 20 heavy (non-hydrogen) atoms. The Hall–Kier alpha value is -1.79. The third-order valence-electron chi connectivity index (χ3n) is 3.81. The lowest BCUT2D eigenvalue weighted by atomic mass is 10.1. The van der Waals surface area contributed by atoms with Gasteiger partial charge in [0.15, 0.2) is 5.82 Å². The Kier molecular flexibility index (Phi) is 4.03. The summed E-state index contributed by atoms with van der Waals surface area (Å²) in [6, 6.07) is 9.94. The molecule has 0 radical (unpaired) electrons. The highest BCUT2D eigenvalue weighted by atomic mass is 16.3. The van der Waals surface area contributed by atoms with Crippen molar-refractivity contribution in [3.05, 3.63) is 36.2 Å². The van der Waals surface area contributed by atoms with Gasteiger partial charge in [-0.15, -0.1) is 5.10 Å². The number of benzene rings is 1. The zero-order chi connectivity index (χ0) is 13.8. The first kappa shape index (κ1) is 13.2. The summed E-state index contributed by atoms with van der Waals surface area (Å²) < 4.78 is 1.79. The molecule has 1 atom stereocenters. The minimum atomic E-state index is 0.278. The molecule has 1 aromatic heterocycles. The molecule has 0 bridgehead atoms. The second kappa shape index (κ2) is 6.11. The van der Waals surface area contributed by atoms with E-state index in [4.69, 9.17) is 5.11 Å². The number of aliphatic hydroxyl groups is 1. The minimum Gasteiger partial charge on any atom is -0.396 e. The van der Waals surface area contributed by atoms with Gasteiger partial charge >= 0.3 is 0 Å². The lowest BCUT2D eigenvalue weighted by Gasteiger charge is -2.15. The van der Waals surface area contributed by atoms with Crippen LogP contribution in [0.3, 0.4) is 0 Å². The normalized spacial score (nSPS) is 19.6. The second-order valence-corrected chi connectivity index (χ2v) is 5.24. The molecule has 3 rings (SSSR count). The predicted octanol–water partition coefficient (Wildman–Crippen LogP) is 0.867. The molecule has 1 fully saturated rings. The average molecular weight is 273 g/mol. The van der Waals surface area contributed by atoms with Crippen molar-refractivity contribution in [2.45, 2.75) is 19.4 Å². The lowest BCUT2D eigenvalue weighted by molar-refractivity contribution is 0.247. The van der Waals surface area contributed by atoms with E-state index in [1.54, 1.807) is 4.68 Å². The topological polar surface area (TPSA) is 67.1 Å². The van der Waals surface area contributed by atoms with Crippen LogP contribution in [0.5, 0.6) is 0 Å². The molecule has 1 aromatic carbocycles. The molecule has 0 amide bonds. The van der Waals surface area contributed by atoms with E-state index in [-0.39, 0.29) is 6.61 Å². The molecule has 1 aliphatic heterocycles. The van der Waals surface area contributed by atoms with Gasteiger partial charge in [-0.2, -0.15) is 4.68 Å². The first-order chi connectivity index (χ1) is 9.86. The van der Waals surface area contributed by atoms with E-state index in [9.17, 15) is 0 Å². The fourth-order valence-electron chi connectivity index (χ4n) is 2.75. The van der Waals surface area contributed by atoms with Crippen molar-refractivity contribution in [1.29, 1.82) is 0 Å². The molecule has 6 heteroatoms. The largest absolute Gasteiger partial charge is 0.396 e. The Morgan fingerprint density at radius 1 is 1.25 bits per heavy atom. The lowest BCUT2D eigenvalue weighted by Crippen LogP contribution is -2.22. The molecule has 1 saturated heterocycles. The van der Waals surface area contributed by atoms with Crippen molar-refractivity contribution in [1.82, 2.24) is 25.1 Å². The summed E-state index contributed by atoms with van der Waals surface area (Å²) in [5.41, 5.74) is 0.985. The fourth-order valence-corrected chi connectivity index (χ4v) is 2.75. The van der Waals surface area contributed by atoms with Gasteiger partial charge in [-0.3, -0.25) is 4.90 Å². The third-order valence-corrected chi connectivity index (χ3v) is 3.81. The molecular formula is C14H19N5O. The summed E-state index contributed by atoms with van der Waals surface area (Å²) in [5.74, 6) is 1.46. The number of aromatic nitrogens is 4. The van der Waals surface area contributed by atoms with Crippen LogP contribution in [-0.4, -0.2) is 49.9 Å². The van der Waals surface area contributed by atoms with Crippen LogP contribution in [0, 0.1) is 5.92 Å². The summed E-state index contributed by atoms with van der Waals surface area (Å²) in [7, 11) is 0. The molecule has 2 aromatic rings. The van der Waals surface area contributed by atoms with Gasteiger partial charge in [-0.05, 0) is 47.9 Å². The molecular weight excluding hydrogens is 254 g/mol. The Morgan fingerprint density at radius 3 is 2.90 bits per heavy atom. The number of hydrogen-bond acceptors (Lipinski definition) is 5. The van der Waals surface area contributed by atoms with Crippen LogP contribution < -0.4 is 0 Å². The number of para-hydroxylation sites is 1. The Balaban J connectivity index is 1.69. The third kappa shape index (κ3) is 2.86. The number of hydrogen-bond donors (Lipinski definition) is 1. The van der Waals surface area contributed by atoms with Gasteiger partial charge in [0.2, 0.25) is 0 Å². The number of rotatable bonds is 5. The van der Waals surface area contributed by atoms with Crippen molar-refractivity contribution in [2.24, 2.45) is 5.92 Å². The SMILES string of the molecule is OCCC1CCN(Cc2nnnn2-c2ccccc2)C1. The highest BCUT2D eigenvalue weighted by Gasteiger charge is 2.23. The van der Waals surface area contributed by atoms with Crippen LogP contribution in [0.2, 0.25) is 0 Å². The van der Waals surface area contributed by atoms with Crippen molar-refractivity contribution in [3.8, 4) is 5.69 Å². The average Bonchev–Trinajstić information content (AvgIpc) is 3.10. The van der Waals surface area contributed by atoms with Gasteiger partial charge in [0.1, 0.15) is 0 Å². The molecule has 1 unspecified atom stereocenters. The maximum absolute atomic E-state index is 9.01. The molecule has 106 valence electrons. The van der Waals surface area contributed by atoms with Gasteiger partial charge < -0.3 is 5.11 Å². The number of aliphatic hydroxyl groups excluding tert-OH is 1. The molecule has 6 nitrogen and oxygen atoms in total. The minimum absolute atomic E-state index is 0.278. The fraction of sp³-hybridized carbons (Fsp3) is 0.500. The highest BCUT2D eigenvalue weighted by Crippen LogP contribution is 2.21. The van der Waals surface area contributed by atoms with Gasteiger partial charge in [-0.1, -0.05) is 18.2 Å². The van der Waals surface area contributed by atoms with Crippen molar-refractivity contribution in [2.75, 3.05) is 19.7 Å². The second-order valence-electron chi connectivity index (χ2n) is 5.24. The Morgan fingerprint density at radius 2 is 2.10 bits per heavy atom. The molecule has 2 heterocycles. The summed E-state index contributed by atoms with van der Waals surface area (Å²) in [6.07, 6.45) is 2.04. The van der Waals surface area contributed by atoms with E-state index in [0.29, 0.717) is 5.92 Å². The molecule has 1 N–H and O–H groups in total. The molecule has 0 saturated carbocycles. The van der Waals surface area contributed by atoms with Gasteiger partial charge in [0, 0.05) is 13.2 Å². The van der Waals surface area contributed by atoms with E-state index in [0.717, 1.165) is 44.0 Å². The van der Waals surface area contributed by atoms with E-state index < -0.39 is 0 Å². The maximum atomic E-state index is 9.01. The smallest absolute Gasteiger partial charge is 0.170 e. The van der Waals surface area contributed by atoms with Crippen molar-refractivity contribution in [3.63, 3.8) is 0 Å². The van der Waals surface area contributed by atoms with Gasteiger partial charge in [-0.25, -0.2) is 0 Å². The number of likely N-dealkylation sites (tertiary alicyclic amines) is 1. The summed E-state index contributed by atoms with van der Waals surface area (Å²) >= 11 is 0. The van der Waals surface area contributed by atoms with E-state index in [2.05, 4.69) is 20.4 Å². The standard InChI is InChI=1S/C14H19N5O/c20-9-7-12-6-8-18(10-12)11-14-15-16-17-19(14)13-4-2-1-3-5-13/h1-5,12,20H,6-11H2. The molecule has 1 aliphatic rings.